The maximum Gasteiger partial charge on any atom is 0.319 e. The van der Waals surface area contributed by atoms with Crippen molar-refractivity contribution in [1.82, 2.24) is 20.3 Å². The molecule has 2 heterocycles. The van der Waals surface area contributed by atoms with Gasteiger partial charge in [-0.3, -0.25) is 0 Å². The van der Waals surface area contributed by atoms with Gasteiger partial charge >= 0.3 is 6.01 Å². The van der Waals surface area contributed by atoms with E-state index in [1.54, 1.807) is 7.11 Å². The van der Waals surface area contributed by atoms with Crippen LogP contribution in [0.4, 0.5) is 5.13 Å². The van der Waals surface area contributed by atoms with E-state index in [-0.39, 0.29) is 25.3 Å². The number of para-hydroxylation sites is 1. The highest BCUT2D eigenvalue weighted by Gasteiger charge is 2.16. The molecule has 3 rings (SSSR count). The molecule has 0 aliphatic carbocycles. The van der Waals surface area contributed by atoms with Crippen LogP contribution >= 0.6 is 11.3 Å². The number of nitrogens with one attached hydrogen (secondary N) is 1. The molecule has 2 aromatic heterocycles. The van der Waals surface area contributed by atoms with Gasteiger partial charge in [-0.25, -0.2) is 4.98 Å². The average Bonchev–Trinajstić information content (AvgIpc) is 3.09. The highest BCUT2D eigenvalue weighted by molar-refractivity contribution is 7.22. The summed E-state index contributed by atoms with van der Waals surface area (Å²) >= 11 is 1.34. The molecule has 0 spiro atoms. The van der Waals surface area contributed by atoms with E-state index >= 15 is 0 Å². The standard InChI is InChI=1S/C20H27N5O3S/c1-12(2)8-14(10-26)22-9-15-17-18(24-19(21)29-17)25-20(23-15)28-11-13-6-4-5-7-16(13)27-3/h4-7,12,14,22,26H,8-11H2,1-3H3,(H2,21,23,24,25)/t14-/m1/s1. The predicted octanol–water partition coefficient (Wildman–Crippen LogP) is 2.75. The summed E-state index contributed by atoms with van der Waals surface area (Å²) in [6.07, 6.45) is 0.868. The van der Waals surface area contributed by atoms with Crippen molar-refractivity contribution in [3.05, 3.63) is 35.5 Å². The number of rotatable bonds is 10. The quantitative estimate of drug-likeness (QED) is 0.461. The minimum atomic E-state index is -0.0109. The van der Waals surface area contributed by atoms with Crippen molar-refractivity contribution in [2.75, 3.05) is 19.5 Å². The number of hydrogen-bond donors (Lipinski definition) is 3. The Morgan fingerprint density at radius 1 is 1.21 bits per heavy atom. The van der Waals surface area contributed by atoms with Crippen LogP contribution in [0, 0.1) is 5.92 Å². The second kappa shape index (κ2) is 9.82. The van der Waals surface area contributed by atoms with Gasteiger partial charge in [-0.05, 0) is 18.4 Å². The first-order valence-electron chi connectivity index (χ1n) is 9.52. The number of aliphatic hydroxyl groups is 1. The predicted molar refractivity (Wildman–Crippen MR) is 114 cm³/mol. The monoisotopic (exact) mass is 417 g/mol. The molecule has 0 amide bonds. The van der Waals surface area contributed by atoms with E-state index in [0.29, 0.717) is 23.2 Å². The smallest absolute Gasteiger partial charge is 0.319 e. The van der Waals surface area contributed by atoms with Gasteiger partial charge < -0.3 is 25.6 Å². The van der Waals surface area contributed by atoms with E-state index in [4.69, 9.17) is 15.2 Å². The van der Waals surface area contributed by atoms with E-state index in [9.17, 15) is 5.11 Å². The number of nitrogens with two attached hydrogens (primary N) is 1. The zero-order chi connectivity index (χ0) is 20.8. The van der Waals surface area contributed by atoms with Crippen molar-refractivity contribution in [2.45, 2.75) is 39.5 Å². The molecule has 0 bridgehead atoms. The lowest BCUT2D eigenvalue weighted by molar-refractivity contribution is 0.223. The van der Waals surface area contributed by atoms with Gasteiger partial charge in [0.15, 0.2) is 10.8 Å². The number of nitrogen functional groups attached to an aromatic ring is 1. The van der Waals surface area contributed by atoms with Gasteiger partial charge in [0.05, 0.1) is 24.1 Å². The van der Waals surface area contributed by atoms with E-state index < -0.39 is 0 Å². The van der Waals surface area contributed by atoms with Gasteiger partial charge in [0, 0.05) is 18.2 Å². The molecule has 4 N–H and O–H groups in total. The van der Waals surface area contributed by atoms with Gasteiger partial charge in [-0.15, -0.1) is 0 Å². The number of fused-ring (bicyclic) bond motifs is 1. The van der Waals surface area contributed by atoms with E-state index in [1.165, 1.54) is 11.3 Å². The first kappa shape index (κ1) is 21.2. The maximum atomic E-state index is 9.62. The normalized spacial score (nSPS) is 12.4. The Kier molecular flexibility index (Phi) is 7.18. The van der Waals surface area contributed by atoms with E-state index in [2.05, 4.69) is 34.1 Å². The number of hydrogen-bond acceptors (Lipinski definition) is 9. The SMILES string of the molecule is COc1ccccc1COc1nc(CN[C@@H](CO)CC(C)C)c2sc(N)nc2n1. The second-order valence-corrected chi connectivity index (χ2v) is 8.18. The Balaban J connectivity index is 1.80. The van der Waals surface area contributed by atoms with E-state index in [0.717, 1.165) is 28.1 Å². The molecule has 9 heteroatoms. The summed E-state index contributed by atoms with van der Waals surface area (Å²) in [7, 11) is 1.62. The molecule has 8 nitrogen and oxygen atoms in total. The summed E-state index contributed by atoms with van der Waals surface area (Å²) in [6.45, 7) is 5.05. The van der Waals surface area contributed by atoms with Crippen LogP contribution in [0.1, 0.15) is 31.5 Å². The Morgan fingerprint density at radius 2 is 2.00 bits per heavy atom. The summed E-state index contributed by atoms with van der Waals surface area (Å²) in [5.41, 5.74) is 8.04. The Labute approximate surface area is 174 Å². The van der Waals surface area contributed by atoms with Crippen LogP contribution in [-0.4, -0.2) is 39.8 Å². The minimum absolute atomic E-state index is 0.0109. The lowest BCUT2D eigenvalue weighted by Gasteiger charge is -2.18. The fourth-order valence-corrected chi connectivity index (χ4v) is 3.81. The van der Waals surface area contributed by atoms with Crippen LogP contribution in [0.5, 0.6) is 11.8 Å². The van der Waals surface area contributed by atoms with Gasteiger partial charge in [0.25, 0.3) is 0 Å². The maximum absolute atomic E-state index is 9.62. The third kappa shape index (κ3) is 5.53. The van der Waals surface area contributed by atoms with Crippen molar-refractivity contribution in [3.8, 4) is 11.8 Å². The largest absolute Gasteiger partial charge is 0.496 e. The van der Waals surface area contributed by atoms with Crippen molar-refractivity contribution in [2.24, 2.45) is 5.92 Å². The third-order valence-electron chi connectivity index (χ3n) is 4.40. The molecule has 0 unspecified atom stereocenters. The molecule has 0 saturated heterocycles. The van der Waals surface area contributed by atoms with Crippen LogP contribution in [0.15, 0.2) is 24.3 Å². The molecule has 29 heavy (non-hydrogen) atoms. The van der Waals surface area contributed by atoms with Crippen molar-refractivity contribution < 1.29 is 14.6 Å². The highest BCUT2D eigenvalue weighted by atomic mass is 32.1. The van der Waals surface area contributed by atoms with Crippen molar-refractivity contribution in [3.63, 3.8) is 0 Å². The number of ether oxygens (including phenoxy) is 2. The van der Waals surface area contributed by atoms with Gasteiger partial charge in [0.2, 0.25) is 0 Å². The van der Waals surface area contributed by atoms with Crippen LogP contribution in [0.3, 0.4) is 0 Å². The summed E-state index contributed by atoms with van der Waals surface area (Å²) in [5.74, 6) is 1.22. The molecule has 1 atom stereocenters. The van der Waals surface area contributed by atoms with Gasteiger partial charge in [0.1, 0.15) is 12.4 Å². The number of benzene rings is 1. The molecule has 1 aromatic carbocycles. The van der Waals surface area contributed by atoms with Crippen LogP contribution in [0.25, 0.3) is 10.3 Å². The fraction of sp³-hybridized carbons (Fsp3) is 0.450. The second-order valence-electron chi connectivity index (χ2n) is 7.15. The summed E-state index contributed by atoms with van der Waals surface area (Å²) in [6, 6.07) is 7.85. The average molecular weight is 418 g/mol. The molecule has 3 aromatic rings. The molecule has 156 valence electrons. The Morgan fingerprint density at radius 3 is 2.72 bits per heavy atom. The number of thiazole rings is 1. The highest BCUT2D eigenvalue weighted by Crippen LogP contribution is 2.27. The number of aromatic nitrogens is 3. The fourth-order valence-electron chi connectivity index (χ4n) is 3.06. The zero-order valence-electron chi connectivity index (χ0n) is 16.9. The molecular formula is C20H27N5O3S. The minimum Gasteiger partial charge on any atom is -0.496 e. The number of methoxy groups -OCH3 is 1. The van der Waals surface area contributed by atoms with Crippen LogP contribution in [0.2, 0.25) is 0 Å². The zero-order valence-corrected chi connectivity index (χ0v) is 17.7. The Hall–Kier alpha value is -2.49. The van der Waals surface area contributed by atoms with Crippen LogP contribution < -0.4 is 20.5 Å². The third-order valence-corrected chi connectivity index (χ3v) is 5.33. The lowest BCUT2D eigenvalue weighted by Crippen LogP contribution is -2.33. The number of aliphatic hydroxyl groups excluding tert-OH is 1. The van der Waals surface area contributed by atoms with Crippen molar-refractivity contribution >= 4 is 26.8 Å². The number of anilines is 1. The first-order valence-corrected chi connectivity index (χ1v) is 10.3. The topological polar surface area (TPSA) is 115 Å². The number of nitrogens with zero attached hydrogens (tertiary/aromatic N) is 3. The molecule has 0 radical (unpaired) electrons. The van der Waals surface area contributed by atoms with Gasteiger partial charge in [-0.2, -0.15) is 9.97 Å². The molecule has 0 saturated carbocycles. The van der Waals surface area contributed by atoms with Gasteiger partial charge in [-0.1, -0.05) is 43.4 Å². The first-order chi connectivity index (χ1) is 14.0. The Bertz CT molecular complexity index is 947. The van der Waals surface area contributed by atoms with E-state index in [1.807, 2.05) is 24.3 Å². The molecular weight excluding hydrogens is 390 g/mol. The molecule has 0 fully saturated rings. The summed E-state index contributed by atoms with van der Waals surface area (Å²) < 4.78 is 12.0. The summed E-state index contributed by atoms with van der Waals surface area (Å²) in [4.78, 5) is 13.2. The van der Waals surface area contributed by atoms with Crippen LogP contribution in [-0.2, 0) is 13.2 Å². The van der Waals surface area contributed by atoms with Crippen molar-refractivity contribution in [1.29, 1.82) is 0 Å². The molecule has 0 aliphatic heterocycles. The molecule has 0 aliphatic rings. The lowest BCUT2D eigenvalue weighted by atomic mass is 10.0. The summed E-state index contributed by atoms with van der Waals surface area (Å²) in [5, 5.41) is 13.4.